The molecule has 2 aromatic carbocycles. The number of nitrogens with one attached hydrogen (secondary N) is 1. The van der Waals surface area contributed by atoms with E-state index in [1.807, 2.05) is 0 Å². The molecule has 7 heteroatoms. The number of benzene rings is 2. The molecule has 2 aromatic rings. The van der Waals surface area contributed by atoms with Gasteiger partial charge in [-0.2, -0.15) is 4.31 Å². The van der Waals surface area contributed by atoms with Gasteiger partial charge in [-0.3, -0.25) is 0 Å². The van der Waals surface area contributed by atoms with E-state index < -0.39 is 21.7 Å². The maximum absolute atomic E-state index is 13.5. The van der Waals surface area contributed by atoms with Gasteiger partial charge in [0.15, 0.2) is 0 Å². The lowest BCUT2D eigenvalue weighted by molar-refractivity contribution is 0.477. The SMILES string of the molecule is O=S(=O)(c1ccc(CNCc2cc(F)ccc2F)cc1)N1CCCC1. The highest BCUT2D eigenvalue weighted by molar-refractivity contribution is 7.89. The third-order valence-corrected chi connectivity index (χ3v) is 6.19. The van der Waals surface area contributed by atoms with Crippen LogP contribution in [0.5, 0.6) is 0 Å². The average molecular weight is 366 g/mol. The molecule has 3 rings (SSSR count). The minimum Gasteiger partial charge on any atom is -0.309 e. The summed E-state index contributed by atoms with van der Waals surface area (Å²) in [6, 6.07) is 9.99. The topological polar surface area (TPSA) is 49.4 Å². The minimum absolute atomic E-state index is 0.192. The fourth-order valence-corrected chi connectivity index (χ4v) is 4.39. The van der Waals surface area contributed by atoms with Crippen molar-refractivity contribution in [2.75, 3.05) is 13.1 Å². The molecule has 1 fully saturated rings. The molecule has 1 N–H and O–H groups in total. The minimum atomic E-state index is -3.41. The van der Waals surface area contributed by atoms with Crippen LogP contribution < -0.4 is 5.32 Å². The van der Waals surface area contributed by atoms with E-state index in [4.69, 9.17) is 0 Å². The van der Waals surface area contributed by atoms with Crippen molar-refractivity contribution in [1.29, 1.82) is 0 Å². The fourth-order valence-electron chi connectivity index (χ4n) is 2.88. The zero-order valence-electron chi connectivity index (χ0n) is 13.7. The molecule has 1 aliphatic heterocycles. The molecule has 1 heterocycles. The Morgan fingerprint density at radius 2 is 1.64 bits per heavy atom. The first-order valence-electron chi connectivity index (χ1n) is 8.20. The molecule has 1 saturated heterocycles. The third-order valence-electron chi connectivity index (χ3n) is 4.28. The van der Waals surface area contributed by atoms with Crippen LogP contribution >= 0.6 is 0 Å². The van der Waals surface area contributed by atoms with E-state index in [-0.39, 0.29) is 17.0 Å². The summed E-state index contributed by atoms with van der Waals surface area (Å²) in [6.07, 6.45) is 1.80. The van der Waals surface area contributed by atoms with Crippen LogP contribution in [-0.2, 0) is 23.1 Å². The molecule has 0 unspecified atom stereocenters. The van der Waals surface area contributed by atoms with Crippen LogP contribution in [0.1, 0.15) is 24.0 Å². The van der Waals surface area contributed by atoms with E-state index in [1.54, 1.807) is 24.3 Å². The number of hydrogen-bond acceptors (Lipinski definition) is 3. The maximum atomic E-state index is 13.5. The largest absolute Gasteiger partial charge is 0.309 e. The lowest BCUT2D eigenvalue weighted by atomic mass is 10.2. The highest BCUT2D eigenvalue weighted by Crippen LogP contribution is 2.21. The van der Waals surface area contributed by atoms with Crippen molar-refractivity contribution >= 4 is 10.0 Å². The van der Waals surface area contributed by atoms with Crippen LogP contribution in [0.2, 0.25) is 0 Å². The van der Waals surface area contributed by atoms with Crippen molar-refractivity contribution in [3.63, 3.8) is 0 Å². The molecule has 1 aliphatic rings. The molecule has 0 bridgehead atoms. The van der Waals surface area contributed by atoms with E-state index in [9.17, 15) is 17.2 Å². The first-order valence-corrected chi connectivity index (χ1v) is 9.64. The highest BCUT2D eigenvalue weighted by Gasteiger charge is 2.26. The molecule has 25 heavy (non-hydrogen) atoms. The Morgan fingerprint density at radius 1 is 0.960 bits per heavy atom. The number of halogens is 2. The first kappa shape index (κ1) is 18.0. The molecule has 0 spiro atoms. The summed E-state index contributed by atoms with van der Waals surface area (Å²) in [5.41, 5.74) is 1.13. The lowest BCUT2D eigenvalue weighted by Gasteiger charge is -2.15. The second kappa shape index (κ2) is 7.59. The number of nitrogens with zero attached hydrogens (tertiary/aromatic N) is 1. The van der Waals surface area contributed by atoms with Crippen LogP contribution in [0.3, 0.4) is 0 Å². The van der Waals surface area contributed by atoms with Crippen LogP contribution in [0, 0.1) is 11.6 Å². The van der Waals surface area contributed by atoms with Crippen molar-refractivity contribution in [3.8, 4) is 0 Å². The molecule has 0 amide bonds. The van der Waals surface area contributed by atoms with Gasteiger partial charge in [0, 0.05) is 31.7 Å². The van der Waals surface area contributed by atoms with Gasteiger partial charge in [-0.25, -0.2) is 17.2 Å². The van der Waals surface area contributed by atoms with Crippen LogP contribution in [0.4, 0.5) is 8.78 Å². The maximum Gasteiger partial charge on any atom is 0.243 e. The molecule has 0 saturated carbocycles. The molecule has 0 radical (unpaired) electrons. The van der Waals surface area contributed by atoms with Gasteiger partial charge in [-0.15, -0.1) is 0 Å². The van der Waals surface area contributed by atoms with Crippen molar-refractivity contribution in [2.45, 2.75) is 30.8 Å². The predicted octanol–water partition coefficient (Wildman–Crippen LogP) is 3.04. The van der Waals surface area contributed by atoms with Crippen molar-refractivity contribution in [2.24, 2.45) is 0 Å². The van der Waals surface area contributed by atoms with Crippen molar-refractivity contribution in [1.82, 2.24) is 9.62 Å². The molecular weight excluding hydrogens is 346 g/mol. The Morgan fingerprint density at radius 3 is 2.32 bits per heavy atom. The van der Waals surface area contributed by atoms with Gasteiger partial charge in [-0.1, -0.05) is 12.1 Å². The number of rotatable bonds is 6. The zero-order chi connectivity index (χ0) is 17.9. The summed E-state index contributed by atoms with van der Waals surface area (Å²) in [5, 5.41) is 3.03. The van der Waals surface area contributed by atoms with Gasteiger partial charge in [-0.05, 0) is 48.7 Å². The van der Waals surface area contributed by atoms with E-state index in [0.717, 1.165) is 36.6 Å². The summed E-state index contributed by atoms with van der Waals surface area (Å²) in [7, 11) is -3.41. The molecule has 4 nitrogen and oxygen atoms in total. The Labute approximate surface area is 146 Å². The van der Waals surface area contributed by atoms with Gasteiger partial charge in [0.2, 0.25) is 10.0 Å². The zero-order valence-corrected chi connectivity index (χ0v) is 14.5. The quantitative estimate of drug-likeness (QED) is 0.855. The summed E-state index contributed by atoms with van der Waals surface area (Å²) in [5.74, 6) is -0.935. The van der Waals surface area contributed by atoms with Crippen molar-refractivity contribution in [3.05, 3.63) is 65.2 Å². The molecular formula is C18H20F2N2O2S. The van der Waals surface area contributed by atoms with Crippen LogP contribution in [0.25, 0.3) is 0 Å². The Kier molecular flexibility index (Phi) is 5.46. The molecule has 0 aliphatic carbocycles. The Bertz CT molecular complexity index is 833. The third kappa shape index (κ3) is 4.23. The monoisotopic (exact) mass is 366 g/mol. The van der Waals surface area contributed by atoms with Crippen LogP contribution in [0.15, 0.2) is 47.4 Å². The normalized spacial score (nSPS) is 15.6. The summed E-state index contributed by atoms with van der Waals surface area (Å²) < 4.78 is 53.1. The van der Waals surface area contributed by atoms with Gasteiger partial charge in [0.25, 0.3) is 0 Å². The second-order valence-corrected chi connectivity index (χ2v) is 8.03. The number of hydrogen-bond donors (Lipinski definition) is 1. The van der Waals surface area contributed by atoms with E-state index in [2.05, 4.69) is 5.32 Å². The van der Waals surface area contributed by atoms with Crippen LogP contribution in [-0.4, -0.2) is 25.8 Å². The fraction of sp³-hybridized carbons (Fsp3) is 0.333. The highest BCUT2D eigenvalue weighted by atomic mass is 32.2. The van der Waals surface area contributed by atoms with E-state index in [0.29, 0.717) is 19.6 Å². The van der Waals surface area contributed by atoms with Gasteiger partial charge in [0.1, 0.15) is 11.6 Å². The van der Waals surface area contributed by atoms with Gasteiger partial charge < -0.3 is 5.32 Å². The summed E-state index contributed by atoms with van der Waals surface area (Å²) >= 11 is 0. The average Bonchev–Trinajstić information content (AvgIpc) is 3.14. The lowest BCUT2D eigenvalue weighted by Crippen LogP contribution is -2.27. The number of sulfonamides is 1. The van der Waals surface area contributed by atoms with Crippen molar-refractivity contribution < 1.29 is 17.2 Å². The molecule has 134 valence electrons. The summed E-state index contributed by atoms with van der Waals surface area (Å²) in [6.45, 7) is 1.77. The van der Waals surface area contributed by atoms with Gasteiger partial charge >= 0.3 is 0 Å². The molecule has 0 atom stereocenters. The predicted molar refractivity (Wildman–Crippen MR) is 91.3 cm³/mol. The van der Waals surface area contributed by atoms with Gasteiger partial charge in [0.05, 0.1) is 4.90 Å². The summed E-state index contributed by atoms with van der Waals surface area (Å²) in [4.78, 5) is 0.286. The first-order chi connectivity index (χ1) is 12.0. The Balaban J connectivity index is 1.60. The van der Waals surface area contributed by atoms with E-state index in [1.165, 1.54) is 4.31 Å². The van der Waals surface area contributed by atoms with E-state index >= 15 is 0 Å². The molecule has 0 aromatic heterocycles. The second-order valence-electron chi connectivity index (χ2n) is 6.09. The Hall–Kier alpha value is -1.83. The standard InChI is InChI=1S/C18H20F2N2O2S/c19-16-5-8-18(20)15(11-16)13-21-12-14-3-6-17(7-4-14)25(23,24)22-9-1-2-10-22/h3-8,11,21H,1-2,9-10,12-13H2. The smallest absolute Gasteiger partial charge is 0.243 e.